The molecule has 0 bridgehead atoms. The minimum absolute atomic E-state index is 0.00405. The van der Waals surface area contributed by atoms with Crippen molar-refractivity contribution in [3.63, 3.8) is 0 Å². The molecule has 3 rings (SSSR count). The van der Waals surface area contributed by atoms with Gasteiger partial charge in [-0.1, -0.05) is 0 Å². The molecule has 3 heteroatoms. The van der Waals surface area contributed by atoms with E-state index in [4.69, 9.17) is 9.15 Å². The molecule has 1 unspecified atom stereocenters. The second-order valence-electron chi connectivity index (χ2n) is 5.24. The Morgan fingerprint density at radius 2 is 2.27 bits per heavy atom. The van der Waals surface area contributed by atoms with Crippen molar-refractivity contribution >= 4 is 0 Å². The first-order chi connectivity index (χ1) is 7.11. The normalized spacial score (nSPS) is 33.2. The quantitative estimate of drug-likeness (QED) is 0.704. The maximum absolute atomic E-state index is 5.86. The lowest BCUT2D eigenvalue weighted by atomic mass is 9.81. The molecule has 2 aliphatic rings. The summed E-state index contributed by atoms with van der Waals surface area (Å²) in [5, 5.41) is 3.61. The maximum atomic E-state index is 5.86. The van der Waals surface area contributed by atoms with E-state index in [1.165, 1.54) is 5.56 Å². The van der Waals surface area contributed by atoms with Crippen molar-refractivity contribution < 1.29 is 9.15 Å². The molecule has 0 radical (unpaired) electrons. The highest BCUT2D eigenvalue weighted by Crippen LogP contribution is 2.42. The molecule has 3 heterocycles. The van der Waals surface area contributed by atoms with Gasteiger partial charge < -0.3 is 14.5 Å². The fourth-order valence-corrected chi connectivity index (χ4v) is 2.91. The zero-order chi connectivity index (χ0) is 10.5. The lowest BCUT2D eigenvalue weighted by Crippen LogP contribution is -2.47. The predicted octanol–water partition coefficient (Wildman–Crippen LogP) is 1.82. The highest BCUT2D eigenvalue weighted by Gasteiger charge is 2.48. The van der Waals surface area contributed by atoms with Crippen LogP contribution < -0.4 is 5.32 Å². The van der Waals surface area contributed by atoms with Gasteiger partial charge in [0.2, 0.25) is 0 Å². The summed E-state index contributed by atoms with van der Waals surface area (Å²) >= 11 is 0. The molecule has 82 valence electrons. The summed E-state index contributed by atoms with van der Waals surface area (Å²) in [6, 6.07) is 2.09. The summed E-state index contributed by atoms with van der Waals surface area (Å²) in [5.41, 5.74) is 1.28. The van der Waals surface area contributed by atoms with Gasteiger partial charge in [0, 0.05) is 24.9 Å². The molecule has 1 fully saturated rings. The Morgan fingerprint density at radius 1 is 1.40 bits per heavy atom. The molecule has 3 nitrogen and oxygen atoms in total. The van der Waals surface area contributed by atoms with E-state index in [9.17, 15) is 0 Å². The van der Waals surface area contributed by atoms with E-state index in [1.54, 1.807) is 6.26 Å². The molecule has 0 aromatic carbocycles. The van der Waals surface area contributed by atoms with Crippen molar-refractivity contribution in [3.8, 4) is 0 Å². The first-order valence-electron chi connectivity index (χ1n) is 5.57. The molecular weight excluding hydrogens is 190 g/mol. The predicted molar refractivity (Wildman–Crippen MR) is 56.7 cm³/mol. The van der Waals surface area contributed by atoms with Crippen LogP contribution in [-0.2, 0) is 16.7 Å². The van der Waals surface area contributed by atoms with Crippen molar-refractivity contribution in [2.45, 2.75) is 37.8 Å². The van der Waals surface area contributed by atoms with E-state index < -0.39 is 0 Å². The minimum atomic E-state index is -0.0289. The summed E-state index contributed by atoms with van der Waals surface area (Å²) < 4.78 is 11.4. The summed E-state index contributed by atoms with van der Waals surface area (Å²) in [6.45, 7) is 6.04. The lowest BCUT2D eigenvalue weighted by Gasteiger charge is -2.33. The highest BCUT2D eigenvalue weighted by atomic mass is 16.5. The third kappa shape index (κ3) is 1.34. The minimum Gasteiger partial charge on any atom is -0.469 e. The molecule has 1 aromatic heterocycles. The Balaban J connectivity index is 2.02. The van der Waals surface area contributed by atoms with Gasteiger partial charge in [0.15, 0.2) is 0 Å². The molecule has 0 amide bonds. The van der Waals surface area contributed by atoms with Gasteiger partial charge in [0.05, 0.1) is 24.0 Å². The molecule has 1 saturated heterocycles. The fraction of sp³-hybridized carbons (Fsp3) is 0.667. The van der Waals surface area contributed by atoms with Gasteiger partial charge in [-0.05, 0) is 19.9 Å². The summed E-state index contributed by atoms with van der Waals surface area (Å²) in [7, 11) is 0. The lowest BCUT2D eigenvalue weighted by molar-refractivity contribution is 0.0327. The molecule has 1 spiro atoms. The van der Waals surface area contributed by atoms with E-state index in [0.717, 1.165) is 31.8 Å². The summed E-state index contributed by atoms with van der Waals surface area (Å²) in [6.07, 6.45) is 3.81. The number of ether oxygens (including phenoxy) is 1. The molecule has 1 aromatic rings. The van der Waals surface area contributed by atoms with Crippen molar-refractivity contribution in [2.24, 2.45) is 0 Å². The number of fused-ring (bicyclic) bond motifs is 2. The van der Waals surface area contributed by atoms with Crippen LogP contribution in [0.25, 0.3) is 0 Å². The number of rotatable bonds is 0. The van der Waals surface area contributed by atoms with Gasteiger partial charge in [-0.3, -0.25) is 0 Å². The monoisotopic (exact) mass is 207 g/mol. The zero-order valence-electron chi connectivity index (χ0n) is 9.30. The second kappa shape index (κ2) is 2.86. The number of furan rings is 1. The summed E-state index contributed by atoms with van der Waals surface area (Å²) in [4.78, 5) is 0. The molecule has 1 N–H and O–H groups in total. The average Bonchev–Trinajstić information content (AvgIpc) is 2.73. The fourth-order valence-electron chi connectivity index (χ4n) is 2.91. The Bertz CT molecular complexity index is 383. The molecule has 1 atom stereocenters. The van der Waals surface area contributed by atoms with Crippen molar-refractivity contribution in [1.82, 2.24) is 5.32 Å². The molecule has 15 heavy (non-hydrogen) atoms. The van der Waals surface area contributed by atoms with Crippen molar-refractivity contribution in [3.05, 3.63) is 23.7 Å². The smallest absolute Gasteiger partial charge is 0.110 e. The van der Waals surface area contributed by atoms with Gasteiger partial charge in [-0.15, -0.1) is 0 Å². The Kier molecular flexibility index (Phi) is 1.80. The van der Waals surface area contributed by atoms with Gasteiger partial charge in [-0.2, -0.15) is 0 Å². The van der Waals surface area contributed by atoms with E-state index in [2.05, 4.69) is 25.2 Å². The van der Waals surface area contributed by atoms with Crippen LogP contribution in [0.3, 0.4) is 0 Å². The van der Waals surface area contributed by atoms with Crippen LogP contribution in [0.2, 0.25) is 0 Å². The molecule has 2 aliphatic heterocycles. The van der Waals surface area contributed by atoms with E-state index in [-0.39, 0.29) is 11.1 Å². The third-order valence-corrected chi connectivity index (χ3v) is 3.51. The first-order valence-corrected chi connectivity index (χ1v) is 5.57. The van der Waals surface area contributed by atoms with Crippen LogP contribution >= 0.6 is 0 Å². The zero-order valence-corrected chi connectivity index (χ0v) is 9.30. The van der Waals surface area contributed by atoms with Crippen LogP contribution in [0.15, 0.2) is 16.7 Å². The third-order valence-electron chi connectivity index (χ3n) is 3.51. The van der Waals surface area contributed by atoms with Gasteiger partial charge in [0.25, 0.3) is 0 Å². The number of hydrogen-bond acceptors (Lipinski definition) is 3. The first kappa shape index (κ1) is 9.43. The van der Waals surface area contributed by atoms with Crippen LogP contribution in [0.1, 0.15) is 31.6 Å². The second-order valence-corrected chi connectivity index (χ2v) is 5.24. The van der Waals surface area contributed by atoms with Crippen LogP contribution in [0.5, 0.6) is 0 Å². The maximum Gasteiger partial charge on any atom is 0.110 e. The van der Waals surface area contributed by atoms with Gasteiger partial charge >= 0.3 is 0 Å². The largest absolute Gasteiger partial charge is 0.469 e. The number of hydrogen-bond donors (Lipinski definition) is 1. The van der Waals surface area contributed by atoms with Crippen molar-refractivity contribution in [2.75, 3.05) is 13.2 Å². The van der Waals surface area contributed by atoms with Crippen LogP contribution in [0, 0.1) is 0 Å². The van der Waals surface area contributed by atoms with Gasteiger partial charge in [0.1, 0.15) is 5.76 Å². The van der Waals surface area contributed by atoms with Gasteiger partial charge in [-0.25, -0.2) is 0 Å². The Morgan fingerprint density at radius 3 is 3.00 bits per heavy atom. The summed E-state index contributed by atoms with van der Waals surface area (Å²) in [5.74, 6) is 1.13. The molecule has 0 aliphatic carbocycles. The number of nitrogens with one attached hydrogen (secondary N) is 1. The van der Waals surface area contributed by atoms with E-state index in [1.807, 2.05) is 0 Å². The Hall–Kier alpha value is -0.800. The molecule has 0 saturated carbocycles. The standard InChI is InChI=1S/C12H17NO2/c1-11(2)7-12(8-15-11)9-4-6-14-10(9)3-5-13-12/h4,6,13H,3,5,7-8H2,1-2H3. The van der Waals surface area contributed by atoms with E-state index >= 15 is 0 Å². The molecular formula is C12H17NO2. The van der Waals surface area contributed by atoms with Crippen molar-refractivity contribution in [1.29, 1.82) is 0 Å². The average molecular weight is 207 g/mol. The van der Waals surface area contributed by atoms with Crippen LogP contribution in [0.4, 0.5) is 0 Å². The van der Waals surface area contributed by atoms with E-state index in [0.29, 0.717) is 0 Å². The Labute approximate surface area is 89.8 Å². The SMILES string of the molecule is CC1(C)CC2(CO1)NCCc1occc12. The topological polar surface area (TPSA) is 34.4 Å². The van der Waals surface area contributed by atoms with Crippen LogP contribution in [-0.4, -0.2) is 18.8 Å². The highest BCUT2D eigenvalue weighted by molar-refractivity contribution is 5.32.